The van der Waals surface area contributed by atoms with Gasteiger partial charge < -0.3 is 18.9 Å². The maximum Gasteiger partial charge on any atom is 0.345 e. The van der Waals surface area contributed by atoms with Gasteiger partial charge in [0.15, 0.2) is 5.92 Å². The van der Waals surface area contributed by atoms with Crippen molar-refractivity contribution in [2.45, 2.75) is 6.42 Å². The number of methoxy groups -OCH3 is 4. The molecule has 0 fully saturated rings. The third-order valence-corrected chi connectivity index (χ3v) is 3.40. The molecular formula is C18H19O8. The lowest BCUT2D eigenvalue weighted by molar-refractivity contribution is -0.158. The molecule has 1 aromatic rings. The fourth-order valence-corrected chi connectivity index (χ4v) is 2.10. The molecule has 0 atom stereocenters. The number of rotatable bonds is 7. The molecule has 0 spiro atoms. The molecule has 0 unspecified atom stereocenters. The minimum Gasteiger partial charge on any atom is -0.468 e. The predicted molar refractivity (Wildman–Crippen MR) is 88.5 cm³/mol. The van der Waals surface area contributed by atoms with Crippen LogP contribution in [0, 0.1) is 12.0 Å². The van der Waals surface area contributed by atoms with Gasteiger partial charge in [-0.1, -0.05) is 18.2 Å². The average Bonchev–Trinajstić information content (AvgIpc) is 2.68. The first-order chi connectivity index (χ1) is 12.4. The molecule has 139 valence electrons. The highest BCUT2D eigenvalue weighted by molar-refractivity contribution is 6.17. The van der Waals surface area contributed by atoms with Crippen molar-refractivity contribution in [2.75, 3.05) is 28.4 Å². The minimum absolute atomic E-state index is 0.0210. The second-order valence-corrected chi connectivity index (χ2v) is 4.99. The van der Waals surface area contributed by atoms with Gasteiger partial charge in [0.1, 0.15) is 5.57 Å². The highest BCUT2D eigenvalue weighted by Gasteiger charge is 2.29. The summed E-state index contributed by atoms with van der Waals surface area (Å²) in [4.78, 5) is 47.0. The number of esters is 4. The van der Waals surface area contributed by atoms with E-state index in [1.54, 1.807) is 12.1 Å². The average molecular weight is 363 g/mol. The van der Waals surface area contributed by atoms with Crippen LogP contribution in [0.3, 0.4) is 0 Å². The van der Waals surface area contributed by atoms with Crippen molar-refractivity contribution in [1.29, 1.82) is 0 Å². The van der Waals surface area contributed by atoms with Crippen LogP contribution in [-0.2, 0) is 44.5 Å². The summed E-state index contributed by atoms with van der Waals surface area (Å²) in [6, 6.07) is 7.55. The Morgan fingerprint density at radius 2 is 1.50 bits per heavy atom. The Kier molecular flexibility index (Phi) is 8.01. The van der Waals surface area contributed by atoms with E-state index in [0.29, 0.717) is 11.1 Å². The van der Waals surface area contributed by atoms with Gasteiger partial charge in [-0.15, -0.1) is 0 Å². The van der Waals surface area contributed by atoms with Gasteiger partial charge in [-0.3, -0.25) is 9.59 Å². The number of ether oxygens (including phenoxy) is 4. The first kappa shape index (κ1) is 20.9. The molecule has 0 aliphatic heterocycles. The fourth-order valence-electron chi connectivity index (χ4n) is 2.10. The summed E-state index contributed by atoms with van der Waals surface area (Å²) in [6.07, 6.45) is 1.26. The van der Waals surface area contributed by atoms with Gasteiger partial charge in [0.25, 0.3) is 0 Å². The third-order valence-electron chi connectivity index (χ3n) is 3.40. The Balaban J connectivity index is 3.18. The Hall–Kier alpha value is -3.16. The Bertz CT molecular complexity index is 686. The lowest BCUT2D eigenvalue weighted by atomic mass is 9.97. The zero-order valence-corrected chi connectivity index (χ0v) is 14.9. The molecule has 8 heteroatoms. The highest BCUT2D eigenvalue weighted by Crippen LogP contribution is 2.16. The van der Waals surface area contributed by atoms with Gasteiger partial charge in [-0.05, 0) is 29.7 Å². The Morgan fingerprint density at radius 1 is 0.962 bits per heavy atom. The van der Waals surface area contributed by atoms with Crippen molar-refractivity contribution in [3.8, 4) is 0 Å². The number of hydrogen-bond acceptors (Lipinski definition) is 8. The van der Waals surface area contributed by atoms with Crippen LogP contribution in [0.5, 0.6) is 0 Å². The highest BCUT2D eigenvalue weighted by atomic mass is 16.5. The van der Waals surface area contributed by atoms with Crippen LogP contribution in [0.25, 0.3) is 6.08 Å². The molecule has 0 amide bonds. The molecule has 0 aliphatic rings. The van der Waals surface area contributed by atoms with Crippen molar-refractivity contribution in [2.24, 2.45) is 5.92 Å². The maximum absolute atomic E-state index is 11.8. The van der Waals surface area contributed by atoms with E-state index in [1.165, 1.54) is 26.4 Å². The lowest BCUT2D eigenvalue weighted by Crippen LogP contribution is -2.28. The van der Waals surface area contributed by atoms with Crippen molar-refractivity contribution in [3.63, 3.8) is 0 Å². The molecule has 0 N–H and O–H groups in total. The first-order valence-electron chi connectivity index (χ1n) is 7.42. The van der Waals surface area contributed by atoms with E-state index in [0.717, 1.165) is 14.2 Å². The summed E-state index contributed by atoms with van der Waals surface area (Å²) >= 11 is 0. The SMILES string of the molecule is COC(=O)C(=Cc1cc[c]c(CC(C(=O)OC)C(=O)OC)c1)C(=O)OC. The Labute approximate surface area is 150 Å². The monoisotopic (exact) mass is 363 g/mol. The van der Waals surface area contributed by atoms with Gasteiger partial charge >= 0.3 is 23.9 Å². The van der Waals surface area contributed by atoms with Gasteiger partial charge in [0.2, 0.25) is 0 Å². The van der Waals surface area contributed by atoms with Gasteiger partial charge in [0.05, 0.1) is 28.4 Å². The van der Waals surface area contributed by atoms with E-state index >= 15 is 0 Å². The van der Waals surface area contributed by atoms with Crippen molar-refractivity contribution in [3.05, 3.63) is 41.0 Å². The van der Waals surface area contributed by atoms with Crippen LogP contribution in [-0.4, -0.2) is 52.3 Å². The number of hydrogen-bond donors (Lipinski definition) is 0. The first-order valence-corrected chi connectivity index (χ1v) is 7.42. The van der Waals surface area contributed by atoms with Crippen molar-refractivity contribution >= 4 is 30.0 Å². The second-order valence-electron chi connectivity index (χ2n) is 4.99. The van der Waals surface area contributed by atoms with Crippen LogP contribution in [0.4, 0.5) is 0 Å². The summed E-state index contributed by atoms with van der Waals surface area (Å²) in [7, 11) is 4.61. The predicted octanol–water partition coefficient (Wildman–Crippen LogP) is 0.721. The quantitative estimate of drug-likeness (QED) is 0.229. The van der Waals surface area contributed by atoms with Crippen LogP contribution in [0.15, 0.2) is 23.8 Å². The zero-order valence-electron chi connectivity index (χ0n) is 14.9. The van der Waals surface area contributed by atoms with E-state index in [4.69, 9.17) is 0 Å². The van der Waals surface area contributed by atoms with E-state index < -0.39 is 29.8 Å². The summed E-state index contributed by atoms with van der Waals surface area (Å²) in [5, 5.41) is 0. The minimum atomic E-state index is -1.15. The topological polar surface area (TPSA) is 105 Å². The number of benzene rings is 1. The van der Waals surface area contributed by atoms with E-state index in [2.05, 4.69) is 25.0 Å². The van der Waals surface area contributed by atoms with Gasteiger partial charge in [-0.2, -0.15) is 0 Å². The molecule has 8 nitrogen and oxygen atoms in total. The van der Waals surface area contributed by atoms with Crippen molar-refractivity contribution in [1.82, 2.24) is 0 Å². The number of carbonyl (C=O) groups is 4. The summed E-state index contributed by atoms with van der Waals surface area (Å²) in [6.45, 7) is 0. The molecule has 0 bridgehead atoms. The molecule has 0 heterocycles. The molecular weight excluding hydrogens is 344 g/mol. The maximum atomic E-state index is 11.8. The zero-order chi connectivity index (χ0) is 19.7. The Morgan fingerprint density at radius 3 is 1.96 bits per heavy atom. The summed E-state index contributed by atoms with van der Waals surface area (Å²) < 4.78 is 18.3. The molecule has 0 aliphatic carbocycles. The number of carbonyl (C=O) groups excluding carboxylic acids is 4. The van der Waals surface area contributed by atoms with Crippen LogP contribution in [0.2, 0.25) is 0 Å². The molecule has 1 rings (SSSR count). The van der Waals surface area contributed by atoms with E-state index in [9.17, 15) is 19.2 Å². The molecule has 0 saturated carbocycles. The molecule has 1 aromatic carbocycles. The van der Waals surface area contributed by atoms with E-state index in [1.807, 2.05) is 0 Å². The molecule has 0 saturated heterocycles. The lowest BCUT2D eigenvalue weighted by Gasteiger charge is -2.12. The second kappa shape index (κ2) is 9.97. The van der Waals surface area contributed by atoms with Crippen LogP contribution < -0.4 is 0 Å². The standard InChI is InChI=1S/C18H19O8/c1-23-15(19)13(16(20)24-2)9-11-6-5-7-12(8-11)10-14(17(21)25-3)18(22)26-4/h5-6,8-9,14H,10H2,1-4H3. The summed E-state index contributed by atoms with van der Waals surface area (Å²) in [5.74, 6) is -4.34. The normalized spacial score (nSPS) is 9.88. The molecule has 1 radical (unpaired) electrons. The third kappa shape index (κ3) is 5.44. The molecule has 0 aromatic heterocycles. The smallest absolute Gasteiger partial charge is 0.345 e. The summed E-state index contributed by atoms with van der Waals surface area (Å²) in [5.41, 5.74) is 0.635. The van der Waals surface area contributed by atoms with Crippen molar-refractivity contribution < 1.29 is 38.1 Å². The van der Waals surface area contributed by atoms with Crippen LogP contribution in [0.1, 0.15) is 11.1 Å². The van der Waals surface area contributed by atoms with E-state index in [-0.39, 0.29) is 12.0 Å². The largest absolute Gasteiger partial charge is 0.468 e. The molecule has 26 heavy (non-hydrogen) atoms. The fraction of sp³-hybridized carbons (Fsp3) is 0.333. The van der Waals surface area contributed by atoms with Gasteiger partial charge in [-0.25, -0.2) is 9.59 Å². The van der Waals surface area contributed by atoms with Crippen LogP contribution >= 0.6 is 0 Å². The van der Waals surface area contributed by atoms with Gasteiger partial charge in [0, 0.05) is 0 Å².